The van der Waals surface area contributed by atoms with Crippen LogP contribution in [-0.4, -0.2) is 22.5 Å². The highest BCUT2D eigenvalue weighted by Gasteiger charge is 2.32. The van der Waals surface area contributed by atoms with Crippen molar-refractivity contribution < 1.29 is 0 Å². The van der Waals surface area contributed by atoms with Crippen molar-refractivity contribution in [2.75, 3.05) is 12.3 Å². The quantitative estimate of drug-likeness (QED) is 0.871. The van der Waals surface area contributed by atoms with E-state index < -0.39 is 0 Å². The van der Waals surface area contributed by atoms with Gasteiger partial charge in [0, 0.05) is 12.6 Å². The van der Waals surface area contributed by atoms with Gasteiger partial charge in [0.25, 0.3) is 0 Å². The normalized spacial score (nSPS) is 28.9. The fourth-order valence-corrected chi connectivity index (χ4v) is 3.66. The van der Waals surface area contributed by atoms with Crippen molar-refractivity contribution in [3.05, 3.63) is 24.0 Å². The van der Waals surface area contributed by atoms with Crippen LogP contribution in [0.5, 0.6) is 0 Å². The predicted molar refractivity (Wildman–Crippen MR) is 74.0 cm³/mol. The standard InChI is InChI=1S/C15H23N3/c16-13-7-8-14(17-10-13)11-18-9-3-5-12-4-1-2-6-15(12)18/h7-8,10,12,15H,1-6,9,11,16H2. The van der Waals surface area contributed by atoms with E-state index in [4.69, 9.17) is 5.73 Å². The Morgan fingerprint density at radius 3 is 2.83 bits per heavy atom. The molecule has 0 amide bonds. The van der Waals surface area contributed by atoms with E-state index in [-0.39, 0.29) is 0 Å². The Balaban J connectivity index is 1.69. The van der Waals surface area contributed by atoms with Gasteiger partial charge in [-0.1, -0.05) is 12.8 Å². The maximum absolute atomic E-state index is 5.69. The number of aromatic nitrogens is 1. The molecule has 2 N–H and O–H groups in total. The van der Waals surface area contributed by atoms with Crippen molar-refractivity contribution >= 4 is 5.69 Å². The largest absolute Gasteiger partial charge is 0.397 e. The summed E-state index contributed by atoms with van der Waals surface area (Å²) in [7, 11) is 0. The maximum atomic E-state index is 5.69. The highest BCUT2D eigenvalue weighted by molar-refractivity contribution is 5.34. The molecule has 18 heavy (non-hydrogen) atoms. The Bertz CT molecular complexity index is 385. The first kappa shape index (κ1) is 12.0. The van der Waals surface area contributed by atoms with E-state index in [9.17, 15) is 0 Å². The number of pyridine rings is 1. The number of nitrogens with two attached hydrogens (primary N) is 1. The molecule has 3 rings (SSSR count). The van der Waals surface area contributed by atoms with E-state index in [0.29, 0.717) is 0 Å². The van der Waals surface area contributed by atoms with Crippen LogP contribution in [0.25, 0.3) is 0 Å². The van der Waals surface area contributed by atoms with Crippen LogP contribution < -0.4 is 5.73 Å². The molecule has 2 aliphatic rings. The average molecular weight is 245 g/mol. The van der Waals surface area contributed by atoms with Crippen LogP contribution in [0, 0.1) is 5.92 Å². The van der Waals surface area contributed by atoms with E-state index in [1.54, 1.807) is 6.20 Å². The minimum atomic E-state index is 0.757. The second kappa shape index (κ2) is 5.27. The first-order valence-electron chi connectivity index (χ1n) is 7.27. The number of likely N-dealkylation sites (tertiary alicyclic amines) is 1. The first-order valence-corrected chi connectivity index (χ1v) is 7.27. The first-order chi connectivity index (χ1) is 8.83. The highest BCUT2D eigenvalue weighted by atomic mass is 15.2. The molecule has 1 saturated heterocycles. The van der Waals surface area contributed by atoms with Gasteiger partial charge in [-0.2, -0.15) is 0 Å². The monoisotopic (exact) mass is 245 g/mol. The predicted octanol–water partition coefficient (Wildman–Crippen LogP) is 2.82. The van der Waals surface area contributed by atoms with Crippen LogP contribution in [0.3, 0.4) is 0 Å². The molecule has 0 bridgehead atoms. The van der Waals surface area contributed by atoms with E-state index in [1.165, 1.54) is 45.1 Å². The van der Waals surface area contributed by atoms with E-state index in [2.05, 4.69) is 16.0 Å². The third-order valence-electron chi connectivity index (χ3n) is 4.57. The zero-order chi connectivity index (χ0) is 12.4. The van der Waals surface area contributed by atoms with Crippen molar-refractivity contribution in [1.29, 1.82) is 0 Å². The number of hydrogen-bond donors (Lipinski definition) is 1. The van der Waals surface area contributed by atoms with E-state index in [0.717, 1.165) is 29.9 Å². The third-order valence-corrected chi connectivity index (χ3v) is 4.57. The zero-order valence-electron chi connectivity index (χ0n) is 11.0. The number of hydrogen-bond acceptors (Lipinski definition) is 3. The second-order valence-electron chi connectivity index (χ2n) is 5.81. The van der Waals surface area contributed by atoms with E-state index in [1.807, 2.05) is 6.07 Å². The number of nitrogens with zero attached hydrogens (tertiary/aromatic N) is 2. The van der Waals surface area contributed by atoms with E-state index >= 15 is 0 Å². The number of piperidine rings is 1. The lowest BCUT2D eigenvalue weighted by atomic mass is 9.78. The Hall–Kier alpha value is -1.09. The summed E-state index contributed by atoms with van der Waals surface area (Å²) >= 11 is 0. The van der Waals surface area contributed by atoms with Crippen LogP contribution in [0.4, 0.5) is 5.69 Å². The van der Waals surface area contributed by atoms with Gasteiger partial charge in [-0.15, -0.1) is 0 Å². The summed E-state index contributed by atoms with van der Waals surface area (Å²) in [5, 5.41) is 0. The molecule has 1 aliphatic heterocycles. The molecule has 2 fully saturated rings. The Morgan fingerprint density at radius 1 is 1.17 bits per heavy atom. The van der Waals surface area contributed by atoms with Gasteiger partial charge in [0.1, 0.15) is 0 Å². The Labute approximate surface area is 109 Å². The minimum Gasteiger partial charge on any atom is -0.397 e. The number of anilines is 1. The fraction of sp³-hybridized carbons (Fsp3) is 0.667. The van der Waals surface area contributed by atoms with Crippen LogP contribution >= 0.6 is 0 Å². The summed E-state index contributed by atoms with van der Waals surface area (Å²) < 4.78 is 0. The molecule has 0 spiro atoms. The van der Waals surface area contributed by atoms with Gasteiger partial charge in [-0.3, -0.25) is 9.88 Å². The molecule has 0 aromatic carbocycles. The minimum absolute atomic E-state index is 0.757. The van der Waals surface area contributed by atoms with Gasteiger partial charge in [-0.05, 0) is 50.3 Å². The van der Waals surface area contributed by atoms with Gasteiger partial charge in [0.2, 0.25) is 0 Å². The van der Waals surface area contributed by atoms with Crippen LogP contribution in [0.1, 0.15) is 44.2 Å². The highest BCUT2D eigenvalue weighted by Crippen LogP contribution is 2.35. The summed E-state index contributed by atoms with van der Waals surface area (Å²) in [6.45, 7) is 2.24. The molecule has 98 valence electrons. The van der Waals surface area contributed by atoms with Crippen LogP contribution in [-0.2, 0) is 6.54 Å². The fourth-order valence-electron chi connectivity index (χ4n) is 3.66. The van der Waals surface area contributed by atoms with Gasteiger partial charge in [0.05, 0.1) is 17.6 Å². The average Bonchev–Trinajstić information content (AvgIpc) is 2.42. The number of rotatable bonds is 2. The molecular weight excluding hydrogens is 222 g/mol. The van der Waals surface area contributed by atoms with Crippen molar-refractivity contribution in [3.63, 3.8) is 0 Å². The van der Waals surface area contributed by atoms with Gasteiger partial charge in [0.15, 0.2) is 0 Å². The number of nitrogen functional groups attached to an aromatic ring is 1. The SMILES string of the molecule is Nc1ccc(CN2CCCC3CCCCC32)nc1. The summed E-state index contributed by atoms with van der Waals surface area (Å²) in [6, 6.07) is 4.85. The van der Waals surface area contributed by atoms with Crippen molar-refractivity contribution in [3.8, 4) is 0 Å². The Morgan fingerprint density at radius 2 is 2.00 bits per heavy atom. The molecule has 1 aromatic rings. The molecule has 1 saturated carbocycles. The lowest BCUT2D eigenvalue weighted by Crippen LogP contribution is -2.46. The Kier molecular flexibility index (Phi) is 3.50. The van der Waals surface area contributed by atoms with Gasteiger partial charge < -0.3 is 5.73 Å². The molecule has 2 heterocycles. The van der Waals surface area contributed by atoms with Crippen LogP contribution in [0.2, 0.25) is 0 Å². The van der Waals surface area contributed by atoms with Crippen LogP contribution in [0.15, 0.2) is 18.3 Å². The van der Waals surface area contributed by atoms with Crippen molar-refractivity contribution in [2.45, 2.75) is 51.1 Å². The second-order valence-corrected chi connectivity index (χ2v) is 5.81. The molecule has 2 atom stereocenters. The summed E-state index contributed by atoms with van der Waals surface area (Å²) in [6.07, 6.45) is 10.3. The third kappa shape index (κ3) is 2.51. The number of fused-ring (bicyclic) bond motifs is 1. The maximum Gasteiger partial charge on any atom is 0.0545 e. The lowest BCUT2D eigenvalue weighted by Gasteiger charge is -2.44. The molecule has 3 heteroatoms. The molecule has 2 unspecified atom stereocenters. The summed E-state index contributed by atoms with van der Waals surface area (Å²) in [4.78, 5) is 7.10. The topological polar surface area (TPSA) is 42.1 Å². The van der Waals surface area contributed by atoms with Crippen molar-refractivity contribution in [1.82, 2.24) is 9.88 Å². The smallest absolute Gasteiger partial charge is 0.0545 e. The molecular formula is C15H23N3. The zero-order valence-corrected chi connectivity index (χ0v) is 11.0. The van der Waals surface area contributed by atoms with Gasteiger partial charge >= 0.3 is 0 Å². The molecule has 1 aliphatic carbocycles. The summed E-state index contributed by atoms with van der Waals surface area (Å²) in [5.41, 5.74) is 7.61. The molecule has 1 aromatic heterocycles. The van der Waals surface area contributed by atoms with Gasteiger partial charge in [-0.25, -0.2) is 0 Å². The molecule has 3 nitrogen and oxygen atoms in total. The van der Waals surface area contributed by atoms with Crippen molar-refractivity contribution in [2.24, 2.45) is 5.92 Å². The lowest BCUT2D eigenvalue weighted by molar-refractivity contribution is 0.0537. The summed E-state index contributed by atoms with van der Waals surface area (Å²) in [5.74, 6) is 0.946. The molecule has 0 radical (unpaired) electrons.